The first kappa shape index (κ1) is 16.5. The van der Waals surface area contributed by atoms with Crippen LogP contribution in [0.2, 0.25) is 0 Å². The molecule has 0 saturated carbocycles. The lowest BCUT2D eigenvalue weighted by Crippen LogP contribution is -2.01. The Morgan fingerprint density at radius 3 is 2.81 bits per heavy atom. The molecular formula is C21H17NO3S. The number of nitrogens with zero attached hydrogens (tertiary/aromatic N) is 1. The first-order valence-electron chi connectivity index (χ1n) is 8.41. The van der Waals surface area contributed by atoms with Gasteiger partial charge in [0.05, 0.1) is 17.8 Å². The van der Waals surface area contributed by atoms with E-state index in [2.05, 4.69) is 11.1 Å². The van der Waals surface area contributed by atoms with Crippen molar-refractivity contribution in [2.24, 2.45) is 0 Å². The Kier molecular flexibility index (Phi) is 4.54. The van der Waals surface area contributed by atoms with Crippen LogP contribution in [0, 0.1) is 0 Å². The molecule has 4 rings (SSSR count). The second-order valence-electron chi connectivity index (χ2n) is 5.81. The van der Waals surface area contributed by atoms with Gasteiger partial charge >= 0.3 is 5.97 Å². The van der Waals surface area contributed by atoms with Gasteiger partial charge < -0.3 is 9.47 Å². The van der Waals surface area contributed by atoms with Crippen molar-refractivity contribution in [2.75, 3.05) is 6.61 Å². The summed E-state index contributed by atoms with van der Waals surface area (Å²) in [5.41, 5.74) is 1.84. The Morgan fingerprint density at radius 2 is 1.92 bits per heavy atom. The first-order chi connectivity index (χ1) is 12.7. The minimum absolute atomic E-state index is 0.281. The van der Waals surface area contributed by atoms with Crippen molar-refractivity contribution >= 4 is 38.3 Å². The smallest absolute Gasteiger partial charge is 0.348 e. The van der Waals surface area contributed by atoms with E-state index < -0.39 is 0 Å². The lowest BCUT2D eigenvalue weighted by Gasteiger charge is -2.07. The molecule has 2 aromatic heterocycles. The van der Waals surface area contributed by atoms with Crippen molar-refractivity contribution in [3.05, 3.63) is 71.2 Å². The van der Waals surface area contributed by atoms with E-state index in [1.165, 1.54) is 11.3 Å². The number of aromatic nitrogens is 1. The molecule has 130 valence electrons. The Morgan fingerprint density at radius 1 is 1.04 bits per heavy atom. The highest BCUT2D eigenvalue weighted by atomic mass is 32.1. The van der Waals surface area contributed by atoms with E-state index in [0.717, 1.165) is 32.4 Å². The van der Waals surface area contributed by atoms with Gasteiger partial charge in [0.2, 0.25) is 0 Å². The van der Waals surface area contributed by atoms with E-state index >= 15 is 0 Å². The second kappa shape index (κ2) is 7.14. The number of carbonyl (C=O) groups excluding carboxylic acids is 1. The minimum Gasteiger partial charge on any atom is -0.487 e. The number of hydrogen-bond acceptors (Lipinski definition) is 5. The molecule has 0 fully saturated rings. The minimum atomic E-state index is -0.281. The average molecular weight is 363 g/mol. The van der Waals surface area contributed by atoms with E-state index in [1.807, 2.05) is 54.6 Å². The molecular weight excluding hydrogens is 346 g/mol. The van der Waals surface area contributed by atoms with Crippen LogP contribution in [0.3, 0.4) is 0 Å². The van der Waals surface area contributed by atoms with Gasteiger partial charge in [-0.3, -0.25) is 0 Å². The van der Waals surface area contributed by atoms with E-state index in [9.17, 15) is 4.79 Å². The third-order valence-corrected chi connectivity index (χ3v) is 5.10. The SMILES string of the molecule is CCOC(=O)c1cc2cc(OCc3ccc4ccccc4n3)ccc2s1. The van der Waals surface area contributed by atoms with Gasteiger partial charge in [0.25, 0.3) is 0 Å². The van der Waals surface area contributed by atoms with Gasteiger partial charge in [-0.1, -0.05) is 24.3 Å². The number of hydrogen-bond donors (Lipinski definition) is 0. The number of para-hydroxylation sites is 1. The molecule has 0 radical (unpaired) electrons. The van der Waals surface area contributed by atoms with Crippen molar-refractivity contribution in [2.45, 2.75) is 13.5 Å². The third-order valence-electron chi connectivity index (χ3n) is 4.01. The van der Waals surface area contributed by atoms with Crippen molar-refractivity contribution in [3.8, 4) is 5.75 Å². The van der Waals surface area contributed by atoms with Gasteiger partial charge in [0.1, 0.15) is 17.2 Å². The lowest BCUT2D eigenvalue weighted by atomic mass is 10.2. The van der Waals surface area contributed by atoms with Crippen LogP contribution >= 0.6 is 11.3 Å². The fourth-order valence-corrected chi connectivity index (χ4v) is 3.70. The number of fused-ring (bicyclic) bond motifs is 2. The number of thiophene rings is 1. The Labute approximate surface area is 155 Å². The van der Waals surface area contributed by atoms with Crippen molar-refractivity contribution in [1.29, 1.82) is 0 Å². The molecule has 0 unspecified atom stereocenters. The van der Waals surface area contributed by atoms with Gasteiger partial charge in [-0.2, -0.15) is 0 Å². The highest BCUT2D eigenvalue weighted by molar-refractivity contribution is 7.20. The summed E-state index contributed by atoms with van der Waals surface area (Å²) in [6.45, 7) is 2.57. The number of esters is 1. The van der Waals surface area contributed by atoms with Crippen molar-refractivity contribution in [1.82, 2.24) is 4.98 Å². The molecule has 0 atom stereocenters. The maximum absolute atomic E-state index is 11.9. The Bertz CT molecular complexity index is 1090. The summed E-state index contributed by atoms with van der Waals surface area (Å²) in [5, 5.41) is 2.09. The van der Waals surface area contributed by atoms with E-state index in [-0.39, 0.29) is 5.97 Å². The quantitative estimate of drug-likeness (QED) is 0.457. The van der Waals surface area contributed by atoms with Gasteiger partial charge in [-0.15, -0.1) is 11.3 Å². The molecule has 0 aliphatic heterocycles. The fourth-order valence-electron chi connectivity index (χ4n) is 2.76. The number of ether oxygens (including phenoxy) is 2. The summed E-state index contributed by atoms with van der Waals surface area (Å²) in [6, 6.07) is 19.7. The molecule has 0 aliphatic carbocycles. The summed E-state index contributed by atoms with van der Waals surface area (Å²) in [4.78, 5) is 17.1. The predicted molar refractivity (Wildman–Crippen MR) is 104 cm³/mol. The number of rotatable bonds is 5. The third kappa shape index (κ3) is 3.39. The van der Waals surface area contributed by atoms with Crippen LogP contribution in [-0.4, -0.2) is 17.6 Å². The van der Waals surface area contributed by atoms with Crippen LogP contribution < -0.4 is 4.74 Å². The fraction of sp³-hybridized carbons (Fsp3) is 0.143. The zero-order valence-corrected chi connectivity index (χ0v) is 15.1. The largest absolute Gasteiger partial charge is 0.487 e. The van der Waals surface area contributed by atoms with Crippen LogP contribution in [0.15, 0.2) is 60.7 Å². The Balaban J connectivity index is 1.52. The highest BCUT2D eigenvalue weighted by Crippen LogP contribution is 2.29. The van der Waals surface area contributed by atoms with Gasteiger partial charge in [-0.25, -0.2) is 9.78 Å². The number of benzene rings is 2. The molecule has 4 nitrogen and oxygen atoms in total. The Hall–Kier alpha value is -2.92. The average Bonchev–Trinajstić information content (AvgIpc) is 3.10. The molecule has 0 aliphatic rings. The molecule has 0 N–H and O–H groups in total. The predicted octanol–water partition coefficient (Wildman–Crippen LogP) is 5.21. The maximum atomic E-state index is 11.9. The molecule has 5 heteroatoms. The first-order valence-corrected chi connectivity index (χ1v) is 9.23. The zero-order chi connectivity index (χ0) is 17.9. The summed E-state index contributed by atoms with van der Waals surface area (Å²) >= 11 is 1.43. The maximum Gasteiger partial charge on any atom is 0.348 e. The second-order valence-corrected chi connectivity index (χ2v) is 6.90. The molecule has 0 amide bonds. The monoisotopic (exact) mass is 363 g/mol. The van der Waals surface area contributed by atoms with E-state index in [0.29, 0.717) is 18.1 Å². The summed E-state index contributed by atoms with van der Waals surface area (Å²) in [5.74, 6) is 0.470. The summed E-state index contributed by atoms with van der Waals surface area (Å²) < 4.78 is 12.0. The number of carbonyl (C=O) groups is 1. The zero-order valence-electron chi connectivity index (χ0n) is 14.3. The summed E-state index contributed by atoms with van der Waals surface area (Å²) in [6.07, 6.45) is 0. The normalized spacial score (nSPS) is 11.0. The lowest BCUT2D eigenvalue weighted by molar-refractivity contribution is 0.0532. The van der Waals surface area contributed by atoms with Crippen molar-refractivity contribution in [3.63, 3.8) is 0 Å². The van der Waals surface area contributed by atoms with Crippen LogP contribution in [0.1, 0.15) is 22.3 Å². The topological polar surface area (TPSA) is 48.4 Å². The highest BCUT2D eigenvalue weighted by Gasteiger charge is 2.11. The molecule has 0 saturated heterocycles. The van der Waals surface area contributed by atoms with Gasteiger partial charge in [-0.05, 0) is 48.7 Å². The van der Waals surface area contributed by atoms with Crippen molar-refractivity contribution < 1.29 is 14.3 Å². The standard InChI is InChI=1S/C21H17NO3S/c1-2-24-21(23)20-12-15-11-17(9-10-19(15)26-20)25-13-16-8-7-14-5-3-4-6-18(14)22-16/h3-12H,2,13H2,1H3. The van der Waals surface area contributed by atoms with E-state index in [4.69, 9.17) is 9.47 Å². The van der Waals surface area contributed by atoms with E-state index in [1.54, 1.807) is 6.92 Å². The van der Waals surface area contributed by atoms with Crippen LogP contribution in [0.25, 0.3) is 21.0 Å². The van der Waals surface area contributed by atoms with Crippen LogP contribution in [-0.2, 0) is 11.3 Å². The summed E-state index contributed by atoms with van der Waals surface area (Å²) in [7, 11) is 0. The van der Waals surface area contributed by atoms with Gasteiger partial charge in [0.15, 0.2) is 0 Å². The van der Waals surface area contributed by atoms with Gasteiger partial charge in [0, 0.05) is 10.1 Å². The molecule has 4 aromatic rings. The van der Waals surface area contributed by atoms with Crippen LogP contribution in [0.4, 0.5) is 0 Å². The molecule has 2 heterocycles. The van der Waals surface area contributed by atoms with Crippen LogP contribution in [0.5, 0.6) is 5.75 Å². The molecule has 0 bridgehead atoms. The number of pyridine rings is 1. The molecule has 0 spiro atoms. The molecule has 26 heavy (non-hydrogen) atoms. The molecule has 2 aromatic carbocycles.